The maximum absolute atomic E-state index is 12.9. The predicted octanol–water partition coefficient (Wildman–Crippen LogP) is 3.41. The zero-order valence-corrected chi connectivity index (χ0v) is 22.2. The molecule has 2 aromatic carbocycles. The minimum Gasteiger partial charge on any atom is -0.477 e. The van der Waals surface area contributed by atoms with Crippen molar-refractivity contribution in [1.29, 1.82) is 0 Å². The average molecular weight is 561 g/mol. The fourth-order valence-electron chi connectivity index (χ4n) is 4.29. The number of carboxylic acid groups (broad SMARTS) is 1. The Hall–Kier alpha value is -4.09. The first-order valence-electron chi connectivity index (χ1n) is 12.1. The molecule has 2 aliphatic rings. The minimum absolute atomic E-state index is 0.0688. The van der Waals surface area contributed by atoms with Gasteiger partial charge in [-0.1, -0.05) is 72.4 Å². The number of thioether (sulfide) groups is 2. The van der Waals surface area contributed by atoms with Crippen LogP contribution >= 0.6 is 23.5 Å². The van der Waals surface area contributed by atoms with Crippen LogP contribution in [0.1, 0.15) is 21.5 Å². The van der Waals surface area contributed by atoms with Gasteiger partial charge in [-0.25, -0.2) is 9.48 Å². The summed E-state index contributed by atoms with van der Waals surface area (Å²) in [5.74, 6) is -1.71. The first-order chi connectivity index (χ1) is 18.9. The number of carboxylic acids is 1. The van der Waals surface area contributed by atoms with Gasteiger partial charge in [-0.3, -0.25) is 19.3 Å². The lowest BCUT2D eigenvalue weighted by atomic mass is 10.0. The molecule has 2 atom stereocenters. The van der Waals surface area contributed by atoms with Crippen molar-refractivity contribution in [2.24, 2.45) is 0 Å². The van der Waals surface area contributed by atoms with Gasteiger partial charge in [0, 0.05) is 22.4 Å². The third kappa shape index (κ3) is 5.99. The summed E-state index contributed by atoms with van der Waals surface area (Å²) in [6, 6.07) is 17.8. The molecule has 1 fully saturated rings. The van der Waals surface area contributed by atoms with Crippen LogP contribution in [0.25, 0.3) is 6.08 Å². The molecule has 39 heavy (non-hydrogen) atoms. The number of aliphatic carboxylic acids is 1. The smallest absolute Gasteiger partial charge is 0.353 e. The molecular weight excluding hydrogens is 536 g/mol. The number of nitrogens with one attached hydrogen (secondary N) is 1. The summed E-state index contributed by atoms with van der Waals surface area (Å²) < 4.78 is 1.28. The Balaban J connectivity index is 1.20. The number of rotatable bonds is 9. The Labute approximate surface area is 233 Å². The highest BCUT2D eigenvalue weighted by molar-refractivity contribution is 8.08. The Kier molecular flexibility index (Phi) is 7.99. The number of hydrogen-bond acceptors (Lipinski definition) is 7. The molecule has 0 unspecified atom stereocenters. The van der Waals surface area contributed by atoms with E-state index in [1.54, 1.807) is 23.9 Å². The number of nitrogens with zero attached hydrogens (tertiary/aromatic N) is 3. The van der Waals surface area contributed by atoms with E-state index in [1.165, 1.54) is 33.1 Å². The summed E-state index contributed by atoms with van der Waals surface area (Å²) in [7, 11) is 0. The van der Waals surface area contributed by atoms with Crippen LogP contribution in [-0.4, -0.2) is 60.6 Å². The van der Waals surface area contributed by atoms with Crippen molar-refractivity contribution in [3.63, 3.8) is 0 Å². The van der Waals surface area contributed by atoms with Crippen LogP contribution in [0.4, 0.5) is 0 Å². The molecule has 3 heterocycles. The maximum Gasteiger partial charge on any atom is 0.353 e. The number of carbonyl (C=O) groups is 4. The van der Waals surface area contributed by atoms with E-state index in [2.05, 4.69) is 10.4 Å². The Morgan fingerprint density at radius 1 is 1.05 bits per heavy atom. The fraction of sp³-hybridized carbons (Fsp3) is 0.179. The van der Waals surface area contributed by atoms with Crippen LogP contribution in [-0.2, 0) is 27.2 Å². The molecule has 2 amide bonds. The zero-order valence-electron chi connectivity index (χ0n) is 20.6. The summed E-state index contributed by atoms with van der Waals surface area (Å²) in [6.45, 7) is 0. The van der Waals surface area contributed by atoms with Crippen molar-refractivity contribution in [3.05, 3.63) is 106 Å². The number of hydrogen-bond donors (Lipinski definition) is 2. The molecule has 0 aliphatic carbocycles. The van der Waals surface area contributed by atoms with Crippen molar-refractivity contribution in [1.82, 2.24) is 20.0 Å². The van der Waals surface area contributed by atoms with Gasteiger partial charge in [0.15, 0.2) is 0 Å². The molecule has 1 aromatic heterocycles. The van der Waals surface area contributed by atoms with Gasteiger partial charge >= 0.3 is 5.97 Å². The molecule has 0 saturated carbocycles. The second-order valence-corrected chi connectivity index (χ2v) is 11.0. The SMILES string of the molecule is O=C(Cc1ccccc1)N[C@@H]1C(=O)N2C(C(=O)O)=C(SC=Cc3cnn(C(=O)Cc4ccccc4)c3)CS[C@@H]12. The highest BCUT2D eigenvalue weighted by Crippen LogP contribution is 2.43. The summed E-state index contributed by atoms with van der Waals surface area (Å²) in [5, 5.41) is 18.0. The minimum atomic E-state index is -1.20. The van der Waals surface area contributed by atoms with Crippen molar-refractivity contribution in [2.75, 3.05) is 5.75 Å². The number of β-lactam (4-membered cyclic amide) rings is 1. The second kappa shape index (κ2) is 11.7. The number of carbonyl (C=O) groups excluding carboxylic acids is 3. The summed E-state index contributed by atoms with van der Waals surface area (Å²) >= 11 is 2.61. The molecule has 0 radical (unpaired) electrons. The first kappa shape index (κ1) is 26.5. The highest BCUT2D eigenvalue weighted by Gasteiger charge is 2.54. The maximum atomic E-state index is 12.9. The second-order valence-electron chi connectivity index (χ2n) is 8.89. The summed E-state index contributed by atoms with van der Waals surface area (Å²) in [6.07, 6.45) is 5.27. The lowest BCUT2D eigenvalue weighted by molar-refractivity contribution is -0.150. The molecule has 198 valence electrons. The zero-order chi connectivity index (χ0) is 27.4. The van der Waals surface area contributed by atoms with Crippen molar-refractivity contribution in [2.45, 2.75) is 24.3 Å². The molecule has 5 rings (SSSR count). The number of aromatic nitrogens is 2. The summed E-state index contributed by atoms with van der Waals surface area (Å²) in [5.41, 5.74) is 2.34. The van der Waals surface area contributed by atoms with E-state index in [9.17, 15) is 24.3 Å². The van der Waals surface area contributed by atoms with E-state index in [-0.39, 0.29) is 30.4 Å². The predicted molar refractivity (Wildman–Crippen MR) is 149 cm³/mol. The lowest BCUT2D eigenvalue weighted by Crippen LogP contribution is -2.70. The van der Waals surface area contributed by atoms with Crippen LogP contribution in [0.3, 0.4) is 0 Å². The molecule has 9 nitrogen and oxygen atoms in total. The largest absolute Gasteiger partial charge is 0.477 e. The van der Waals surface area contributed by atoms with Crippen LogP contribution in [0.15, 0.2) is 89.1 Å². The third-order valence-electron chi connectivity index (χ3n) is 6.19. The standard InChI is InChI=1S/C28H24N4O5S2/c33-22(13-18-7-3-1-4-8-18)30-24-26(35)32-25(28(36)37)21(17-39-27(24)32)38-12-11-20-15-29-31(16-20)23(34)14-19-9-5-2-6-10-19/h1-12,15-16,24,27H,13-14,17H2,(H,30,33)(H,36,37)/t24-,27+/m1/s1. The molecule has 3 aromatic rings. The highest BCUT2D eigenvalue weighted by atomic mass is 32.2. The van der Waals surface area contributed by atoms with Gasteiger partial charge in [0.1, 0.15) is 17.1 Å². The number of fused-ring (bicyclic) bond motifs is 1. The van der Waals surface area contributed by atoms with Crippen molar-refractivity contribution in [3.8, 4) is 0 Å². The Bertz CT molecular complexity index is 1470. The monoisotopic (exact) mass is 560 g/mol. The van der Waals surface area contributed by atoms with Crippen LogP contribution < -0.4 is 5.32 Å². The molecule has 2 aliphatic heterocycles. The average Bonchev–Trinajstić information content (AvgIpc) is 3.41. The van der Waals surface area contributed by atoms with Gasteiger partial charge in [0.25, 0.3) is 11.8 Å². The van der Waals surface area contributed by atoms with Gasteiger partial charge < -0.3 is 10.4 Å². The molecule has 0 bridgehead atoms. The van der Waals surface area contributed by atoms with E-state index in [1.807, 2.05) is 60.7 Å². The van der Waals surface area contributed by atoms with Crippen molar-refractivity contribution >= 4 is 53.3 Å². The first-order valence-corrected chi connectivity index (χ1v) is 14.0. The normalized spacial score (nSPS) is 18.6. The molecular formula is C28H24N4O5S2. The molecule has 0 spiro atoms. The fourth-order valence-corrected chi connectivity index (χ4v) is 6.65. The molecule has 2 N–H and O–H groups in total. The Morgan fingerprint density at radius 3 is 2.38 bits per heavy atom. The quantitative estimate of drug-likeness (QED) is 0.382. The van der Waals surface area contributed by atoms with Crippen LogP contribution in [0.5, 0.6) is 0 Å². The lowest BCUT2D eigenvalue weighted by Gasteiger charge is -2.49. The van der Waals surface area contributed by atoms with E-state index in [0.29, 0.717) is 16.2 Å². The van der Waals surface area contributed by atoms with E-state index < -0.39 is 23.3 Å². The van der Waals surface area contributed by atoms with Gasteiger partial charge in [0.2, 0.25) is 5.91 Å². The van der Waals surface area contributed by atoms with E-state index in [4.69, 9.17) is 0 Å². The van der Waals surface area contributed by atoms with Gasteiger partial charge in [-0.05, 0) is 22.6 Å². The third-order valence-corrected chi connectivity index (χ3v) is 8.54. The number of amides is 2. The van der Waals surface area contributed by atoms with Crippen molar-refractivity contribution < 1.29 is 24.3 Å². The van der Waals surface area contributed by atoms with Crippen LogP contribution in [0, 0.1) is 0 Å². The van der Waals surface area contributed by atoms with Gasteiger partial charge in [-0.2, -0.15) is 5.10 Å². The van der Waals surface area contributed by atoms with Gasteiger partial charge in [0.05, 0.1) is 19.0 Å². The summed E-state index contributed by atoms with van der Waals surface area (Å²) in [4.78, 5) is 51.7. The number of benzene rings is 2. The Morgan fingerprint density at radius 2 is 1.72 bits per heavy atom. The van der Waals surface area contributed by atoms with Crippen LogP contribution in [0.2, 0.25) is 0 Å². The van der Waals surface area contributed by atoms with Gasteiger partial charge in [-0.15, -0.1) is 11.8 Å². The molecule has 1 saturated heterocycles. The van der Waals surface area contributed by atoms with E-state index in [0.717, 1.165) is 11.1 Å². The topological polar surface area (TPSA) is 122 Å². The van der Waals surface area contributed by atoms with E-state index >= 15 is 0 Å². The molecule has 11 heteroatoms.